The van der Waals surface area contributed by atoms with Crippen LogP contribution >= 0.6 is 0 Å². The largest absolute Gasteiger partial charge is 0.494 e. The molecule has 2 rings (SSSR count). The number of nitrogens with two attached hydrogens (primary N) is 1. The molecule has 106 valence electrons. The smallest absolute Gasteiger partial charge is 0.165 e. The van der Waals surface area contributed by atoms with Gasteiger partial charge in [0.15, 0.2) is 11.6 Å². The second kappa shape index (κ2) is 5.07. The molecule has 0 amide bonds. The predicted molar refractivity (Wildman–Crippen MR) is 77.1 cm³/mol. The Bertz CT molecular complexity index is 636. The van der Waals surface area contributed by atoms with Crippen molar-refractivity contribution in [2.45, 2.75) is 26.2 Å². The van der Waals surface area contributed by atoms with Gasteiger partial charge in [0.25, 0.3) is 0 Å². The Balaban J connectivity index is 2.51. The van der Waals surface area contributed by atoms with Gasteiger partial charge in [-0.2, -0.15) is 0 Å². The molecule has 1 aromatic carbocycles. The lowest BCUT2D eigenvalue weighted by molar-refractivity contribution is 0.386. The van der Waals surface area contributed by atoms with E-state index in [9.17, 15) is 4.39 Å². The maximum absolute atomic E-state index is 13.8. The molecule has 0 aliphatic heterocycles. The molecular formula is C15H18FN3O. The maximum atomic E-state index is 13.8. The minimum atomic E-state index is -0.430. The number of nitrogen functional groups attached to an aromatic ring is 1. The van der Waals surface area contributed by atoms with Gasteiger partial charge >= 0.3 is 0 Å². The summed E-state index contributed by atoms with van der Waals surface area (Å²) in [7, 11) is 1.43. The highest BCUT2D eigenvalue weighted by Gasteiger charge is 2.20. The van der Waals surface area contributed by atoms with Crippen molar-refractivity contribution in [1.29, 1.82) is 0 Å². The number of halogens is 1. The first-order valence-electron chi connectivity index (χ1n) is 6.30. The van der Waals surface area contributed by atoms with Crippen molar-refractivity contribution in [1.82, 2.24) is 9.97 Å². The van der Waals surface area contributed by atoms with Crippen molar-refractivity contribution in [3.05, 3.63) is 35.9 Å². The molecule has 0 fully saturated rings. The van der Waals surface area contributed by atoms with Gasteiger partial charge in [0.05, 0.1) is 24.7 Å². The van der Waals surface area contributed by atoms with Gasteiger partial charge in [-0.1, -0.05) is 20.8 Å². The lowest BCUT2D eigenvalue weighted by atomic mass is 9.91. The zero-order valence-electron chi connectivity index (χ0n) is 12.1. The Hall–Kier alpha value is -2.17. The van der Waals surface area contributed by atoms with Gasteiger partial charge in [-0.3, -0.25) is 0 Å². The van der Waals surface area contributed by atoms with Gasteiger partial charge in [-0.05, 0) is 18.2 Å². The van der Waals surface area contributed by atoms with Crippen LogP contribution < -0.4 is 10.5 Å². The zero-order valence-corrected chi connectivity index (χ0v) is 12.1. The first-order chi connectivity index (χ1) is 9.32. The Morgan fingerprint density at radius 1 is 1.25 bits per heavy atom. The molecule has 20 heavy (non-hydrogen) atoms. The highest BCUT2D eigenvalue weighted by atomic mass is 19.1. The van der Waals surface area contributed by atoms with Crippen molar-refractivity contribution < 1.29 is 9.13 Å². The molecule has 0 saturated carbocycles. The van der Waals surface area contributed by atoms with Gasteiger partial charge < -0.3 is 10.5 Å². The van der Waals surface area contributed by atoms with Crippen molar-refractivity contribution in [3.8, 4) is 17.0 Å². The molecule has 0 radical (unpaired) electrons. The number of nitrogens with zero attached hydrogens (tertiary/aromatic N) is 2. The first kappa shape index (κ1) is 14.2. The zero-order chi connectivity index (χ0) is 14.9. The number of hydrogen-bond donors (Lipinski definition) is 1. The molecule has 0 unspecified atom stereocenters. The molecular weight excluding hydrogens is 257 g/mol. The molecule has 1 heterocycles. The molecule has 0 atom stereocenters. The highest BCUT2D eigenvalue weighted by molar-refractivity contribution is 5.61. The van der Waals surface area contributed by atoms with Crippen LogP contribution in [0.3, 0.4) is 0 Å². The van der Waals surface area contributed by atoms with Gasteiger partial charge in [0.2, 0.25) is 0 Å². The van der Waals surface area contributed by atoms with Crippen LogP contribution in [0.25, 0.3) is 11.3 Å². The normalized spacial score (nSPS) is 11.4. The van der Waals surface area contributed by atoms with E-state index in [0.717, 1.165) is 0 Å². The minimum absolute atomic E-state index is 0.202. The van der Waals surface area contributed by atoms with Gasteiger partial charge in [0, 0.05) is 11.0 Å². The summed E-state index contributed by atoms with van der Waals surface area (Å²) in [6.45, 7) is 6.02. The lowest BCUT2D eigenvalue weighted by Gasteiger charge is -2.19. The molecule has 2 aromatic rings. The van der Waals surface area contributed by atoms with Crippen molar-refractivity contribution in [2.24, 2.45) is 0 Å². The van der Waals surface area contributed by atoms with Gasteiger partial charge in [-0.15, -0.1) is 0 Å². The summed E-state index contributed by atoms with van der Waals surface area (Å²) in [6.07, 6.45) is 1.55. The van der Waals surface area contributed by atoms with E-state index >= 15 is 0 Å². The third-order valence-corrected chi connectivity index (χ3v) is 2.96. The number of methoxy groups -OCH3 is 1. The third-order valence-electron chi connectivity index (χ3n) is 2.96. The molecule has 0 saturated heterocycles. The number of benzene rings is 1. The maximum Gasteiger partial charge on any atom is 0.165 e. The van der Waals surface area contributed by atoms with Crippen LogP contribution in [-0.2, 0) is 5.41 Å². The topological polar surface area (TPSA) is 61.0 Å². The molecule has 1 aromatic heterocycles. The summed E-state index contributed by atoms with van der Waals surface area (Å²) in [5.41, 5.74) is 7.57. The van der Waals surface area contributed by atoms with Crippen molar-refractivity contribution in [2.75, 3.05) is 12.8 Å². The van der Waals surface area contributed by atoms with E-state index in [-0.39, 0.29) is 11.2 Å². The Morgan fingerprint density at radius 2 is 1.95 bits per heavy atom. The molecule has 0 aliphatic carbocycles. The Morgan fingerprint density at radius 3 is 2.50 bits per heavy atom. The SMILES string of the molecule is COc1ccc(-c2cnc(N)c(C(C)(C)C)n2)cc1F. The predicted octanol–water partition coefficient (Wildman–Crippen LogP) is 3.17. The fourth-order valence-electron chi connectivity index (χ4n) is 1.92. The Labute approximate surface area is 117 Å². The number of hydrogen-bond acceptors (Lipinski definition) is 4. The number of aromatic nitrogens is 2. The quantitative estimate of drug-likeness (QED) is 0.914. The summed E-state index contributed by atoms with van der Waals surface area (Å²) < 4.78 is 18.7. The van der Waals surface area contributed by atoms with E-state index < -0.39 is 5.82 Å². The standard InChI is InChI=1S/C15H18FN3O/c1-15(2,3)13-14(17)18-8-11(19-13)9-5-6-12(20-4)10(16)7-9/h5-8H,1-4H3,(H2,17,18). The van der Waals surface area contributed by atoms with E-state index in [0.29, 0.717) is 22.8 Å². The average molecular weight is 275 g/mol. The number of rotatable bonds is 2. The minimum Gasteiger partial charge on any atom is -0.494 e. The summed E-state index contributed by atoms with van der Waals surface area (Å²) in [5.74, 6) is 0.171. The summed E-state index contributed by atoms with van der Waals surface area (Å²) in [5, 5.41) is 0. The van der Waals surface area contributed by atoms with E-state index in [1.807, 2.05) is 20.8 Å². The second-order valence-electron chi connectivity index (χ2n) is 5.59. The second-order valence-corrected chi connectivity index (χ2v) is 5.59. The van der Waals surface area contributed by atoms with E-state index in [2.05, 4.69) is 9.97 Å². The van der Waals surface area contributed by atoms with Gasteiger partial charge in [-0.25, -0.2) is 14.4 Å². The number of ether oxygens (including phenoxy) is 1. The van der Waals surface area contributed by atoms with Crippen LogP contribution in [0, 0.1) is 5.82 Å². The van der Waals surface area contributed by atoms with Crippen LogP contribution in [0.2, 0.25) is 0 Å². The van der Waals surface area contributed by atoms with E-state index in [4.69, 9.17) is 10.5 Å². The number of anilines is 1. The molecule has 5 heteroatoms. The fraction of sp³-hybridized carbons (Fsp3) is 0.333. The Kier molecular flexibility index (Phi) is 3.61. The monoisotopic (exact) mass is 275 g/mol. The molecule has 0 aliphatic rings. The lowest BCUT2D eigenvalue weighted by Crippen LogP contribution is -2.17. The first-order valence-corrected chi connectivity index (χ1v) is 6.30. The summed E-state index contributed by atoms with van der Waals surface area (Å²) >= 11 is 0. The van der Waals surface area contributed by atoms with Gasteiger partial charge in [0.1, 0.15) is 5.82 Å². The van der Waals surface area contributed by atoms with E-state index in [1.54, 1.807) is 18.3 Å². The van der Waals surface area contributed by atoms with Crippen LogP contribution in [0.1, 0.15) is 26.5 Å². The fourth-order valence-corrected chi connectivity index (χ4v) is 1.92. The van der Waals surface area contributed by atoms with Crippen LogP contribution in [-0.4, -0.2) is 17.1 Å². The van der Waals surface area contributed by atoms with E-state index in [1.165, 1.54) is 13.2 Å². The van der Waals surface area contributed by atoms with Crippen LogP contribution in [0.15, 0.2) is 24.4 Å². The third kappa shape index (κ3) is 2.71. The average Bonchev–Trinajstić information content (AvgIpc) is 2.37. The molecule has 0 spiro atoms. The van der Waals surface area contributed by atoms with Crippen molar-refractivity contribution >= 4 is 5.82 Å². The summed E-state index contributed by atoms with van der Waals surface area (Å²) in [4.78, 5) is 8.67. The molecule has 2 N–H and O–H groups in total. The summed E-state index contributed by atoms with van der Waals surface area (Å²) in [6, 6.07) is 4.69. The van der Waals surface area contributed by atoms with Crippen LogP contribution in [0.5, 0.6) is 5.75 Å². The molecule has 4 nitrogen and oxygen atoms in total. The molecule has 0 bridgehead atoms. The van der Waals surface area contributed by atoms with Crippen molar-refractivity contribution in [3.63, 3.8) is 0 Å². The van der Waals surface area contributed by atoms with Crippen LogP contribution in [0.4, 0.5) is 10.2 Å². The highest BCUT2D eigenvalue weighted by Crippen LogP contribution is 2.29.